The normalized spacial score (nSPS) is 18.7. The van der Waals surface area contributed by atoms with Gasteiger partial charge >= 0.3 is 0 Å². The van der Waals surface area contributed by atoms with Crippen LogP contribution in [-0.2, 0) is 4.79 Å². The second-order valence-electron chi connectivity index (χ2n) is 8.20. The number of alkyl halides is 2. The molecule has 1 aliphatic rings. The summed E-state index contributed by atoms with van der Waals surface area (Å²) < 4.78 is 25.8. The van der Waals surface area contributed by atoms with E-state index in [1.54, 1.807) is 6.92 Å². The summed E-state index contributed by atoms with van der Waals surface area (Å²) in [5, 5.41) is 5.93. The maximum Gasteiger partial charge on any atom is 0.257 e. The van der Waals surface area contributed by atoms with Crippen LogP contribution in [0.3, 0.4) is 0 Å². The van der Waals surface area contributed by atoms with E-state index in [9.17, 15) is 18.4 Å². The lowest BCUT2D eigenvalue weighted by Crippen LogP contribution is -2.18. The summed E-state index contributed by atoms with van der Waals surface area (Å²) >= 11 is 30.8. The molecule has 0 spiro atoms. The fourth-order valence-corrected chi connectivity index (χ4v) is 5.19. The van der Waals surface area contributed by atoms with Crippen LogP contribution in [0.25, 0.3) is 5.83 Å². The Labute approximate surface area is 237 Å². The SMILES string of the molecule is C=C(F)c1cc(F)ccc1NC(=O)c1cc(NC(=O)C2C(C(=C)/C=C(Cl)\C=C(/C)Cl)C2(Cl)Cl)ccc1Cl. The third kappa shape index (κ3) is 6.95. The van der Waals surface area contributed by atoms with Crippen LogP contribution in [0, 0.1) is 17.7 Å². The van der Waals surface area contributed by atoms with Gasteiger partial charge in [-0.25, -0.2) is 8.78 Å². The molecule has 11 heteroatoms. The number of carbonyl (C=O) groups excluding carboxylic acids is 2. The third-order valence-electron chi connectivity index (χ3n) is 5.40. The highest BCUT2D eigenvalue weighted by Crippen LogP contribution is 2.62. The zero-order valence-electron chi connectivity index (χ0n) is 19.1. The van der Waals surface area contributed by atoms with Crippen LogP contribution in [-0.4, -0.2) is 16.1 Å². The average molecular weight is 607 g/mol. The van der Waals surface area contributed by atoms with E-state index in [0.29, 0.717) is 15.6 Å². The van der Waals surface area contributed by atoms with Crippen LogP contribution in [0.5, 0.6) is 0 Å². The van der Waals surface area contributed by atoms with E-state index < -0.39 is 39.6 Å². The molecule has 0 aliphatic heterocycles. The molecule has 1 saturated carbocycles. The molecule has 2 atom stereocenters. The van der Waals surface area contributed by atoms with E-state index in [1.165, 1.54) is 36.4 Å². The third-order valence-corrected chi connectivity index (χ3v) is 6.99. The summed E-state index contributed by atoms with van der Waals surface area (Å²) in [4.78, 5) is 25.8. The molecule has 2 N–H and O–H groups in total. The van der Waals surface area contributed by atoms with Crippen molar-refractivity contribution in [1.29, 1.82) is 0 Å². The van der Waals surface area contributed by atoms with Crippen molar-refractivity contribution in [2.45, 2.75) is 11.3 Å². The summed E-state index contributed by atoms with van der Waals surface area (Å²) in [6, 6.07) is 7.34. The van der Waals surface area contributed by atoms with Gasteiger partial charge in [-0.2, -0.15) is 0 Å². The number of benzene rings is 2. The van der Waals surface area contributed by atoms with Crippen molar-refractivity contribution in [2.24, 2.45) is 11.8 Å². The number of nitrogens with one attached hydrogen (secondary N) is 2. The van der Waals surface area contributed by atoms with Gasteiger partial charge in [0.1, 0.15) is 16.0 Å². The minimum Gasteiger partial charge on any atom is -0.326 e. The van der Waals surface area contributed by atoms with Crippen molar-refractivity contribution in [3.63, 3.8) is 0 Å². The first kappa shape index (κ1) is 29.2. The van der Waals surface area contributed by atoms with Gasteiger partial charge in [-0.05, 0) is 61.0 Å². The molecule has 2 unspecified atom stereocenters. The van der Waals surface area contributed by atoms with Gasteiger partial charge in [0.15, 0.2) is 0 Å². The van der Waals surface area contributed by atoms with Crippen molar-refractivity contribution >= 4 is 87.0 Å². The first-order valence-corrected chi connectivity index (χ1v) is 12.4. The fraction of sp³-hybridized carbons (Fsp3) is 0.154. The number of rotatable bonds is 8. The molecule has 194 valence electrons. The first-order chi connectivity index (χ1) is 17.2. The monoisotopic (exact) mass is 604 g/mol. The standard InChI is InChI=1S/C26H19Cl5F2N2O2/c1-12(8-15(28)9-13(2)27)22-23(26(22,30)31)25(37)34-17-5-6-20(29)19(11-17)24(36)35-21-7-4-16(33)10-18(21)14(3)32/h4-11,22-23H,1,3H2,2H3,(H,34,37)(H,35,36)/b13-9+,15-8+. The van der Waals surface area contributed by atoms with Gasteiger partial charge in [0.05, 0.1) is 22.2 Å². The highest BCUT2D eigenvalue weighted by molar-refractivity contribution is 6.53. The molecule has 0 heterocycles. The summed E-state index contributed by atoms with van der Waals surface area (Å²) in [7, 11) is 0. The van der Waals surface area contributed by atoms with Gasteiger partial charge in [-0.1, -0.05) is 48.0 Å². The molecule has 37 heavy (non-hydrogen) atoms. The molecule has 2 aromatic carbocycles. The number of hydrogen-bond donors (Lipinski definition) is 2. The van der Waals surface area contributed by atoms with Crippen LogP contribution < -0.4 is 10.6 Å². The lowest BCUT2D eigenvalue weighted by molar-refractivity contribution is -0.117. The molecular formula is C26H19Cl5F2N2O2. The van der Waals surface area contributed by atoms with Crippen molar-refractivity contribution in [3.05, 3.63) is 99.3 Å². The van der Waals surface area contributed by atoms with Crippen LogP contribution >= 0.6 is 58.0 Å². The Morgan fingerprint density at radius 1 is 1.00 bits per heavy atom. The van der Waals surface area contributed by atoms with Gasteiger partial charge in [-0.3, -0.25) is 9.59 Å². The highest BCUT2D eigenvalue weighted by atomic mass is 35.5. The fourth-order valence-electron chi connectivity index (χ4n) is 3.65. The number of amides is 2. The summed E-state index contributed by atoms with van der Waals surface area (Å²) in [6.45, 7) is 8.70. The molecule has 0 saturated heterocycles. The minimum absolute atomic E-state index is 0.0104. The number of halogens is 7. The molecular weight excluding hydrogens is 588 g/mol. The van der Waals surface area contributed by atoms with Gasteiger partial charge in [0, 0.05) is 27.2 Å². The number of anilines is 2. The molecule has 2 amide bonds. The van der Waals surface area contributed by atoms with E-state index in [0.717, 1.165) is 12.1 Å². The van der Waals surface area contributed by atoms with E-state index in [2.05, 4.69) is 23.8 Å². The highest BCUT2D eigenvalue weighted by Gasteiger charge is 2.67. The van der Waals surface area contributed by atoms with Crippen LogP contribution in [0.1, 0.15) is 22.8 Å². The lowest BCUT2D eigenvalue weighted by atomic mass is 10.1. The van der Waals surface area contributed by atoms with E-state index >= 15 is 0 Å². The lowest BCUT2D eigenvalue weighted by Gasteiger charge is -2.12. The van der Waals surface area contributed by atoms with Crippen LogP contribution in [0.2, 0.25) is 5.02 Å². The van der Waals surface area contributed by atoms with Gasteiger partial charge in [-0.15, -0.1) is 23.2 Å². The summed E-state index contributed by atoms with van der Waals surface area (Å²) in [5.41, 5.74) is 0.398. The van der Waals surface area contributed by atoms with Crippen molar-refractivity contribution in [1.82, 2.24) is 0 Å². The molecule has 3 rings (SSSR count). The smallest absolute Gasteiger partial charge is 0.257 e. The largest absolute Gasteiger partial charge is 0.326 e. The zero-order valence-corrected chi connectivity index (χ0v) is 22.9. The molecule has 0 bridgehead atoms. The minimum atomic E-state index is -1.42. The Morgan fingerprint density at radius 3 is 2.30 bits per heavy atom. The first-order valence-electron chi connectivity index (χ1n) is 10.6. The van der Waals surface area contributed by atoms with E-state index in [1.807, 2.05) is 0 Å². The number of hydrogen-bond acceptors (Lipinski definition) is 2. The maximum atomic E-state index is 13.7. The molecule has 2 aromatic rings. The van der Waals surface area contributed by atoms with Crippen LogP contribution in [0.4, 0.5) is 20.2 Å². The summed E-state index contributed by atoms with van der Waals surface area (Å²) in [6.07, 6.45) is 3.03. The second kappa shape index (κ2) is 11.6. The topological polar surface area (TPSA) is 58.2 Å². The van der Waals surface area contributed by atoms with E-state index in [-0.39, 0.29) is 27.5 Å². The van der Waals surface area contributed by atoms with Crippen molar-refractivity contribution < 1.29 is 18.4 Å². The summed E-state index contributed by atoms with van der Waals surface area (Å²) in [5.74, 6) is -4.34. The Balaban J connectivity index is 1.77. The molecule has 0 aromatic heterocycles. The Bertz CT molecular complexity index is 1370. The van der Waals surface area contributed by atoms with Gasteiger partial charge in [0.2, 0.25) is 5.91 Å². The molecule has 4 nitrogen and oxygen atoms in total. The van der Waals surface area contributed by atoms with E-state index in [4.69, 9.17) is 58.0 Å². The van der Waals surface area contributed by atoms with Gasteiger partial charge < -0.3 is 10.6 Å². The van der Waals surface area contributed by atoms with Gasteiger partial charge in [0.25, 0.3) is 5.91 Å². The zero-order chi connectivity index (χ0) is 27.7. The Morgan fingerprint density at radius 2 is 1.68 bits per heavy atom. The predicted molar refractivity (Wildman–Crippen MR) is 149 cm³/mol. The number of allylic oxidation sites excluding steroid dienone is 5. The predicted octanol–water partition coefficient (Wildman–Crippen LogP) is 8.85. The maximum absolute atomic E-state index is 13.7. The van der Waals surface area contributed by atoms with Crippen molar-refractivity contribution in [3.8, 4) is 0 Å². The molecule has 1 aliphatic carbocycles. The Hall–Kier alpha value is -2.35. The Kier molecular flexibility index (Phi) is 9.14. The van der Waals surface area contributed by atoms with Crippen molar-refractivity contribution in [2.75, 3.05) is 10.6 Å². The molecule has 1 fully saturated rings. The van der Waals surface area contributed by atoms with Crippen LogP contribution in [0.15, 0.2) is 77.3 Å². The number of carbonyl (C=O) groups is 2. The average Bonchev–Trinajstić information content (AvgIpc) is 3.37. The quantitative estimate of drug-likeness (QED) is 0.233. The second-order valence-corrected chi connectivity index (χ2v) is 11.1. The molecule has 0 radical (unpaired) electrons.